The molecule has 0 saturated carbocycles. The highest BCUT2D eigenvalue weighted by atomic mass is 16.6. The van der Waals surface area contributed by atoms with Gasteiger partial charge < -0.3 is 19.3 Å². The van der Waals surface area contributed by atoms with E-state index in [2.05, 4.69) is 10.8 Å². The van der Waals surface area contributed by atoms with E-state index < -0.39 is 5.60 Å². The monoisotopic (exact) mass is 311 g/mol. The molecule has 0 bridgehead atoms. The van der Waals surface area contributed by atoms with Crippen LogP contribution in [-0.4, -0.2) is 48.7 Å². The Kier molecular flexibility index (Phi) is 5.79. The van der Waals surface area contributed by atoms with Crippen molar-refractivity contribution in [2.45, 2.75) is 69.4 Å². The normalized spacial score (nSPS) is 35.5. The van der Waals surface area contributed by atoms with Gasteiger partial charge in [0.15, 0.2) is 0 Å². The number of hydrogen-bond donors (Lipinski definition) is 1. The summed E-state index contributed by atoms with van der Waals surface area (Å²) in [6.45, 7) is 1.79. The first-order chi connectivity index (χ1) is 10.5. The Balaban J connectivity index is 1.94. The molecule has 6 nitrogen and oxygen atoms in total. The van der Waals surface area contributed by atoms with E-state index in [0.29, 0.717) is 25.7 Å². The summed E-state index contributed by atoms with van der Waals surface area (Å²) in [5, 5.41) is 18.8. The van der Waals surface area contributed by atoms with Crippen LogP contribution in [0.5, 0.6) is 0 Å². The van der Waals surface area contributed by atoms with E-state index in [1.807, 2.05) is 6.92 Å². The van der Waals surface area contributed by atoms with Crippen molar-refractivity contribution in [3.05, 3.63) is 0 Å². The third-order valence-electron chi connectivity index (χ3n) is 4.67. The molecule has 0 aromatic carbocycles. The van der Waals surface area contributed by atoms with Crippen molar-refractivity contribution >= 4 is 5.97 Å². The molecule has 2 fully saturated rings. The third kappa shape index (κ3) is 3.78. The first kappa shape index (κ1) is 17.2. The van der Waals surface area contributed by atoms with Crippen molar-refractivity contribution in [2.75, 3.05) is 13.7 Å². The quantitative estimate of drug-likeness (QED) is 0.749. The Morgan fingerprint density at radius 1 is 1.50 bits per heavy atom. The molecule has 0 spiro atoms. The van der Waals surface area contributed by atoms with Crippen LogP contribution in [0.1, 0.15) is 45.4 Å². The molecule has 6 heteroatoms. The van der Waals surface area contributed by atoms with Gasteiger partial charge in [-0.05, 0) is 32.6 Å². The van der Waals surface area contributed by atoms with Gasteiger partial charge in [-0.15, -0.1) is 0 Å². The molecule has 2 rings (SSSR count). The Morgan fingerprint density at radius 2 is 2.27 bits per heavy atom. The molecule has 124 valence electrons. The summed E-state index contributed by atoms with van der Waals surface area (Å²) in [5.74, 6) is -0.312. The van der Waals surface area contributed by atoms with E-state index in [9.17, 15) is 9.90 Å². The molecule has 2 heterocycles. The summed E-state index contributed by atoms with van der Waals surface area (Å²) in [6.07, 6.45) is 3.57. The predicted octanol–water partition coefficient (Wildman–Crippen LogP) is 1.56. The zero-order valence-corrected chi connectivity index (χ0v) is 13.3. The van der Waals surface area contributed by atoms with Gasteiger partial charge in [0.2, 0.25) is 0 Å². The number of aliphatic hydroxyl groups excluding tert-OH is 1. The number of nitrogens with zero attached hydrogens (tertiary/aromatic N) is 1. The van der Waals surface area contributed by atoms with Gasteiger partial charge in [-0.2, -0.15) is 5.26 Å². The van der Waals surface area contributed by atoms with E-state index in [-0.39, 0.29) is 36.8 Å². The number of carbonyl (C=O) groups excluding carboxylic acids is 1. The van der Waals surface area contributed by atoms with Gasteiger partial charge in [0.25, 0.3) is 0 Å². The van der Waals surface area contributed by atoms with Crippen molar-refractivity contribution in [1.29, 1.82) is 5.26 Å². The molecule has 5 atom stereocenters. The molecule has 2 aliphatic rings. The molecule has 2 saturated heterocycles. The lowest BCUT2D eigenvalue weighted by Gasteiger charge is -2.41. The van der Waals surface area contributed by atoms with Crippen LogP contribution in [-0.2, 0) is 19.0 Å². The first-order valence-corrected chi connectivity index (χ1v) is 7.93. The highest BCUT2D eigenvalue weighted by molar-refractivity contribution is 5.69. The Hall–Kier alpha value is -1.16. The standard InChI is InChI=1S/C16H25NO5/c1-11(9-17)7-12-3-5-14-16(10-18,22-12)8-13(21-14)4-6-15(19)20-2/h11-14,18H,3-8,10H2,1-2H3. The fraction of sp³-hybridized carbons (Fsp3) is 0.875. The molecule has 1 N–H and O–H groups in total. The summed E-state index contributed by atoms with van der Waals surface area (Å²) in [4.78, 5) is 11.2. The molecule has 0 amide bonds. The van der Waals surface area contributed by atoms with Crippen LogP contribution in [0.25, 0.3) is 0 Å². The summed E-state index contributed by atoms with van der Waals surface area (Å²) in [6, 6.07) is 2.23. The van der Waals surface area contributed by atoms with Gasteiger partial charge in [-0.25, -0.2) is 0 Å². The maximum Gasteiger partial charge on any atom is 0.305 e. The average Bonchev–Trinajstić information content (AvgIpc) is 2.90. The van der Waals surface area contributed by atoms with Crippen molar-refractivity contribution in [1.82, 2.24) is 0 Å². The zero-order chi connectivity index (χ0) is 16.2. The minimum atomic E-state index is -0.682. The third-order valence-corrected chi connectivity index (χ3v) is 4.67. The lowest BCUT2D eigenvalue weighted by Crippen LogP contribution is -2.51. The highest BCUT2D eigenvalue weighted by Gasteiger charge is 2.52. The summed E-state index contributed by atoms with van der Waals surface area (Å²) in [5.41, 5.74) is -0.682. The average molecular weight is 311 g/mol. The Labute approximate surface area is 131 Å². The molecular formula is C16H25NO5. The molecule has 2 aliphatic heterocycles. The second-order valence-corrected chi connectivity index (χ2v) is 6.37. The summed E-state index contributed by atoms with van der Waals surface area (Å²) >= 11 is 0. The molecule has 22 heavy (non-hydrogen) atoms. The van der Waals surface area contributed by atoms with Gasteiger partial charge in [-0.3, -0.25) is 4.79 Å². The van der Waals surface area contributed by atoms with Crippen LogP contribution in [0, 0.1) is 17.2 Å². The molecule has 0 aliphatic carbocycles. The number of fused-ring (bicyclic) bond motifs is 1. The second-order valence-electron chi connectivity index (χ2n) is 6.37. The molecule has 0 aromatic heterocycles. The SMILES string of the molecule is COC(=O)CCC1CC2(CO)OC(CC(C)C#N)CCC2O1. The van der Waals surface area contributed by atoms with E-state index in [1.54, 1.807) is 0 Å². The van der Waals surface area contributed by atoms with Crippen molar-refractivity contribution in [3.8, 4) is 6.07 Å². The van der Waals surface area contributed by atoms with Crippen LogP contribution < -0.4 is 0 Å². The van der Waals surface area contributed by atoms with Gasteiger partial charge >= 0.3 is 5.97 Å². The second kappa shape index (κ2) is 7.40. The number of rotatable bonds is 6. The maximum atomic E-state index is 11.2. The lowest BCUT2D eigenvalue weighted by atomic mass is 9.85. The number of carbonyl (C=O) groups is 1. The Morgan fingerprint density at radius 3 is 2.91 bits per heavy atom. The van der Waals surface area contributed by atoms with Crippen molar-refractivity contribution in [3.63, 3.8) is 0 Å². The van der Waals surface area contributed by atoms with E-state index in [1.165, 1.54) is 7.11 Å². The number of hydrogen-bond acceptors (Lipinski definition) is 6. The van der Waals surface area contributed by atoms with E-state index in [4.69, 9.17) is 14.7 Å². The first-order valence-electron chi connectivity index (χ1n) is 7.93. The van der Waals surface area contributed by atoms with Crippen LogP contribution >= 0.6 is 0 Å². The maximum absolute atomic E-state index is 11.2. The summed E-state index contributed by atoms with van der Waals surface area (Å²) in [7, 11) is 1.37. The van der Waals surface area contributed by atoms with Crippen LogP contribution in [0.3, 0.4) is 0 Å². The van der Waals surface area contributed by atoms with Gasteiger partial charge in [0, 0.05) is 18.8 Å². The number of aliphatic hydroxyl groups is 1. The lowest BCUT2D eigenvalue weighted by molar-refractivity contribution is -0.185. The topological polar surface area (TPSA) is 88.8 Å². The van der Waals surface area contributed by atoms with Gasteiger partial charge in [0.1, 0.15) is 5.60 Å². The number of nitriles is 1. The largest absolute Gasteiger partial charge is 0.469 e. The minimum absolute atomic E-state index is 0.0130. The van der Waals surface area contributed by atoms with Gasteiger partial charge in [-0.1, -0.05) is 0 Å². The van der Waals surface area contributed by atoms with Crippen molar-refractivity contribution in [2.24, 2.45) is 5.92 Å². The van der Waals surface area contributed by atoms with Gasteiger partial charge in [0.05, 0.1) is 38.1 Å². The van der Waals surface area contributed by atoms with Crippen molar-refractivity contribution < 1.29 is 24.1 Å². The number of methoxy groups -OCH3 is 1. The number of ether oxygens (including phenoxy) is 3. The molecule has 5 unspecified atom stereocenters. The predicted molar refractivity (Wildman–Crippen MR) is 77.8 cm³/mol. The minimum Gasteiger partial charge on any atom is -0.469 e. The number of esters is 1. The fourth-order valence-corrected chi connectivity index (χ4v) is 3.47. The molecule has 0 radical (unpaired) electrons. The summed E-state index contributed by atoms with van der Waals surface area (Å²) < 4.78 is 16.8. The van der Waals surface area contributed by atoms with E-state index >= 15 is 0 Å². The van der Waals surface area contributed by atoms with Crippen LogP contribution in [0.2, 0.25) is 0 Å². The smallest absolute Gasteiger partial charge is 0.305 e. The van der Waals surface area contributed by atoms with E-state index in [0.717, 1.165) is 12.8 Å². The van der Waals surface area contributed by atoms with Crippen LogP contribution in [0.4, 0.5) is 0 Å². The Bertz CT molecular complexity index is 435. The molecular weight excluding hydrogens is 286 g/mol. The fourth-order valence-electron chi connectivity index (χ4n) is 3.47. The van der Waals surface area contributed by atoms with Crippen LogP contribution in [0.15, 0.2) is 0 Å². The highest BCUT2D eigenvalue weighted by Crippen LogP contribution is 2.43. The zero-order valence-electron chi connectivity index (χ0n) is 13.3. The molecule has 0 aromatic rings.